The van der Waals surface area contributed by atoms with E-state index in [1.165, 1.54) is 0 Å². The van der Waals surface area contributed by atoms with Crippen LogP contribution in [0.4, 0.5) is 0 Å². The SMILES string of the molecule is CSN(C)Cc1cncnc1. The summed E-state index contributed by atoms with van der Waals surface area (Å²) < 4.78 is 2.12. The van der Waals surface area contributed by atoms with E-state index in [0.717, 1.165) is 12.1 Å². The van der Waals surface area contributed by atoms with Crippen molar-refractivity contribution in [2.75, 3.05) is 13.3 Å². The molecule has 0 unspecified atom stereocenters. The molecule has 11 heavy (non-hydrogen) atoms. The molecule has 4 heteroatoms. The van der Waals surface area contributed by atoms with Gasteiger partial charge >= 0.3 is 0 Å². The number of nitrogens with zero attached hydrogens (tertiary/aromatic N) is 3. The second kappa shape index (κ2) is 4.31. The van der Waals surface area contributed by atoms with Crippen molar-refractivity contribution in [3.63, 3.8) is 0 Å². The Morgan fingerprint density at radius 2 is 2.09 bits per heavy atom. The predicted octanol–water partition coefficient (Wildman–Crippen LogP) is 1.19. The molecule has 0 N–H and O–H groups in total. The third-order valence-electron chi connectivity index (χ3n) is 1.33. The molecule has 0 saturated heterocycles. The lowest BCUT2D eigenvalue weighted by atomic mass is 10.3. The zero-order valence-electron chi connectivity index (χ0n) is 6.69. The van der Waals surface area contributed by atoms with Gasteiger partial charge in [0.15, 0.2) is 0 Å². The van der Waals surface area contributed by atoms with Crippen molar-refractivity contribution in [2.45, 2.75) is 6.54 Å². The van der Waals surface area contributed by atoms with E-state index in [1.54, 1.807) is 18.3 Å². The van der Waals surface area contributed by atoms with Gasteiger partial charge in [-0.3, -0.25) is 0 Å². The summed E-state index contributed by atoms with van der Waals surface area (Å²) in [5, 5.41) is 0. The Morgan fingerprint density at radius 1 is 1.45 bits per heavy atom. The molecule has 0 aliphatic carbocycles. The highest BCUT2D eigenvalue weighted by Crippen LogP contribution is 2.06. The van der Waals surface area contributed by atoms with E-state index in [9.17, 15) is 0 Å². The van der Waals surface area contributed by atoms with Crippen LogP contribution in [0.1, 0.15) is 5.56 Å². The molecule has 0 fully saturated rings. The number of rotatable bonds is 3. The summed E-state index contributed by atoms with van der Waals surface area (Å²) in [4.78, 5) is 7.85. The standard InChI is InChI=1S/C7H11N3S/c1-10(11-2)5-7-3-8-6-9-4-7/h3-4,6H,5H2,1-2H3. The van der Waals surface area contributed by atoms with Crippen LogP contribution < -0.4 is 0 Å². The molecule has 1 aromatic rings. The van der Waals surface area contributed by atoms with E-state index < -0.39 is 0 Å². The van der Waals surface area contributed by atoms with Gasteiger partial charge in [0.25, 0.3) is 0 Å². The Balaban J connectivity index is 2.51. The summed E-state index contributed by atoms with van der Waals surface area (Å²) in [6, 6.07) is 0. The summed E-state index contributed by atoms with van der Waals surface area (Å²) in [7, 11) is 2.04. The van der Waals surface area contributed by atoms with E-state index >= 15 is 0 Å². The van der Waals surface area contributed by atoms with Gasteiger partial charge in [0, 0.05) is 24.5 Å². The molecule has 60 valence electrons. The van der Waals surface area contributed by atoms with Gasteiger partial charge in [-0.15, -0.1) is 0 Å². The second-order valence-corrected chi connectivity index (χ2v) is 3.20. The Hall–Kier alpha value is -0.610. The first-order valence-corrected chi connectivity index (χ1v) is 4.50. The van der Waals surface area contributed by atoms with Gasteiger partial charge < -0.3 is 0 Å². The summed E-state index contributed by atoms with van der Waals surface area (Å²) in [5.74, 6) is 0. The van der Waals surface area contributed by atoms with Gasteiger partial charge in [-0.2, -0.15) is 0 Å². The van der Waals surface area contributed by atoms with Gasteiger partial charge in [0.05, 0.1) is 0 Å². The van der Waals surface area contributed by atoms with Crippen molar-refractivity contribution in [3.05, 3.63) is 24.3 Å². The molecule has 0 aromatic carbocycles. The average Bonchev–Trinajstić information content (AvgIpc) is 2.06. The van der Waals surface area contributed by atoms with E-state index in [1.807, 2.05) is 25.7 Å². The van der Waals surface area contributed by atoms with Gasteiger partial charge in [0.1, 0.15) is 6.33 Å². The highest BCUT2D eigenvalue weighted by atomic mass is 32.2. The molecular weight excluding hydrogens is 158 g/mol. The van der Waals surface area contributed by atoms with Crippen molar-refractivity contribution < 1.29 is 0 Å². The van der Waals surface area contributed by atoms with Crippen LogP contribution in [0.15, 0.2) is 18.7 Å². The summed E-state index contributed by atoms with van der Waals surface area (Å²) >= 11 is 1.70. The Morgan fingerprint density at radius 3 is 2.64 bits per heavy atom. The molecule has 0 amide bonds. The Kier molecular flexibility index (Phi) is 3.32. The monoisotopic (exact) mass is 169 g/mol. The van der Waals surface area contributed by atoms with Crippen LogP contribution in [0.2, 0.25) is 0 Å². The molecular formula is C7H11N3S. The predicted molar refractivity (Wildman–Crippen MR) is 47.0 cm³/mol. The van der Waals surface area contributed by atoms with Crippen molar-refractivity contribution in [3.8, 4) is 0 Å². The number of hydrogen-bond acceptors (Lipinski definition) is 4. The molecule has 3 nitrogen and oxygen atoms in total. The summed E-state index contributed by atoms with van der Waals surface area (Å²) in [6.07, 6.45) is 7.26. The third kappa shape index (κ3) is 2.86. The smallest absolute Gasteiger partial charge is 0.115 e. The van der Waals surface area contributed by atoms with Crippen LogP contribution in [0.5, 0.6) is 0 Å². The Labute approximate surface area is 71.0 Å². The lowest BCUT2D eigenvalue weighted by molar-refractivity contribution is 0.564. The average molecular weight is 169 g/mol. The lowest BCUT2D eigenvalue weighted by Crippen LogP contribution is -2.07. The molecule has 1 rings (SSSR count). The van der Waals surface area contributed by atoms with Crippen molar-refractivity contribution >= 4 is 11.9 Å². The first-order valence-electron chi connectivity index (χ1n) is 3.32. The van der Waals surface area contributed by atoms with Crippen LogP contribution in [-0.2, 0) is 6.54 Å². The molecule has 0 bridgehead atoms. The maximum absolute atomic E-state index is 3.92. The lowest BCUT2D eigenvalue weighted by Gasteiger charge is -2.10. The molecule has 1 aromatic heterocycles. The molecule has 0 saturated carbocycles. The maximum Gasteiger partial charge on any atom is 0.115 e. The summed E-state index contributed by atoms with van der Waals surface area (Å²) in [5.41, 5.74) is 1.14. The highest BCUT2D eigenvalue weighted by molar-refractivity contribution is 7.96. The minimum Gasteiger partial charge on any atom is -0.249 e. The van der Waals surface area contributed by atoms with Gasteiger partial charge in [-0.25, -0.2) is 14.3 Å². The minimum atomic E-state index is 0.891. The molecule has 1 heterocycles. The first kappa shape index (κ1) is 8.49. The minimum absolute atomic E-state index is 0.891. The van der Waals surface area contributed by atoms with E-state index in [4.69, 9.17) is 0 Å². The normalized spacial score (nSPS) is 10.5. The van der Waals surface area contributed by atoms with Crippen LogP contribution in [0.3, 0.4) is 0 Å². The zero-order valence-corrected chi connectivity index (χ0v) is 7.51. The van der Waals surface area contributed by atoms with Crippen LogP contribution in [0.25, 0.3) is 0 Å². The summed E-state index contributed by atoms with van der Waals surface area (Å²) in [6.45, 7) is 0.891. The molecule has 0 aliphatic heterocycles. The second-order valence-electron chi connectivity index (χ2n) is 2.22. The molecule has 0 aliphatic rings. The first-order chi connectivity index (χ1) is 5.33. The molecule has 0 atom stereocenters. The fourth-order valence-corrected chi connectivity index (χ4v) is 1.01. The molecule has 0 radical (unpaired) electrons. The molecule has 0 spiro atoms. The quantitative estimate of drug-likeness (QED) is 0.635. The van der Waals surface area contributed by atoms with E-state index in [-0.39, 0.29) is 0 Å². The fraction of sp³-hybridized carbons (Fsp3) is 0.429. The fourth-order valence-electron chi connectivity index (χ4n) is 0.733. The van der Waals surface area contributed by atoms with Crippen LogP contribution in [-0.4, -0.2) is 27.6 Å². The van der Waals surface area contributed by atoms with Crippen LogP contribution >= 0.6 is 11.9 Å². The van der Waals surface area contributed by atoms with Crippen molar-refractivity contribution in [1.82, 2.24) is 14.3 Å². The van der Waals surface area contributed by atoms with Gasteiger partial charge in [-0.1, -0.05) is 11.9 Å². The van der Waals surface area contributed by atoms with Gasteiger partial charge in [0.2, 0.25) is 0 Å². The van der Waals surface area contributed by atoms with Crippen molar-refractivity contribution in [2.24, 2.45) is 0 Å². The topological polar surface area (TPSA) is 29.0 Å². The largest absolute Gasteiger partial charge is 0.249 e. The maximum atomic E-state index is 3.92. The number of aromatic nitrogens is 2. The van der Waals surface area contributed by atoms with Crippen molar-refractivity contribution in [1.29, 1.82) is 0 Å². The zero-order chi connectivity index (χ0) is 8.10. The van der Waals surface area contributed by atoms with Gasteiger partial charge in [-0.05, 0) is 13.3 Å². The number of hydrogen-bond donors (Lipinski definition) is 0. The third-order valence-corrected chi connectivity index (χ3v) is 2.08. The highest BCUT2D eigenvalue weighted by Gasteiger charge is 1.96. The van der Waals surface area contributed by atoms with E-state index in [2.05, 4.69) is 14.3 Å². The van der Waals surface area contributed by atoms with E-state index in [0.29, 0.717) is 0 Å². The van der Waals surface area contributed by atoms with Crippen LogP contribution in [0, 0.1) is 0 Å². The Bertz CT molecular complexity index is 202.